The zero-order chi connectivity index (χ0) is 24.7. The molecule has 0 bridgehead atoms. The standard InChI is InChI=1S/C26H22F6O2/c1-3-4-16-5-7-17(8-6-16)18-9-11-19(12-10-18)34-26(31,32)22-15(2)13-20(21-14-33-21)24(27)23(22)25(28,29)30/h5-13,21H,3-4,14H2,1-2H3. The van der Waals surface area contributed by atoms with Crippen molar-refractivity contribution < 1.29 is 35.8 Å². The Morgan fingerprint density at radius 1 is 0.912 bits per heavy atom. The third-order valence-electron chi connectivity index (χ3n) is 5.67. The molecule has 1 heterocycles. The Bertz CT molecular complexity index is 1160. The highest BCUT2D eigenvalue weighted by atomic mass is 19.4. The minimum absolute atomic E-state index is 0.0353. The van der Waals surface area contributed by atoms with Gasteiger partial charge in [0.25, 0.3) is 0 Å². The second kappa shape index (κ2) is 8.98. The van der Waals surface area contributed by atoms with Crippen LogP contribution in [-0.4, -0.2) is 6.61 Å². The van der Waals surface area contributed by atoms with Crippen molar-refractivity contribution in [1.82, 2.24) is 0 Å². The van der Waals surface area contributed by atoms with E-state index >= 15 is 8.78 Å². The van der Waals surface area contributed by atoms with Crippen LogP contribution in [0.1, 0.15) is 47.3 Å². The van der Waals surface area contributed by atoms with E-state index in [4.69, 9.17) is 4.74 Å². The third-order valence-corrected chi connectivity index (χ3v) is 5.67. The molecule has 3 aromatic carbocycles. The van der Waals surface area contributed by atoms with E-state index in [0.717, 1.165) is 37.0 Å². The number of alkyl halides is 5. The van der Waals surface area contributed by atoms with Crippen LogP contribution in [-0.2, 0) is 23.4 Å². The van der Waals surface area contributed by atoms with Gasteiger partial charge < -0.3 is 9.47 Å². The second-order valence-corrected chi connectivity index (χ2v) is 8.26. The summed E-state index contributed by atoms with van der Waals surface area (Å²) in [7, 11) is 0. The maximum absolute atomic E-state index is 15.0. The normalized spacial score (nSPS) is 15.9. The summed E-state index contributed by atoms with van der Waals surface area (Å²) in [5.41, 5.74) is -1.65. The first-order valence-corrected chi connectivity index (χ1v) is 10.8. The molecule has 1 fully saturated rings. The molecule has 34 heavy (non-hydrogen) atoms. The number of rotatable bonds is 7. The van der Waals surface area contributed by atoms with Crippen LogP contribution in [0.2, 0.25) is 0 Å². The molecule has 1 unspecified atom stereocenters. The number of hydrogen-bond donors (Lipinski definition) is 0. The molecule has 0 aliphatic carbocycles. The molecule has 0 radical (unpaired) electrons. The molecule has 1 saturated heterocycles. The van der Waals surface area contributed by atoms with E-state index in [0.29, 0.717) is 0 Å². The molecular weight excluding hydrogens is 458 g/mol. The van der Waals surface area contributed by atoms with E-state index in [1.54, 1.807) is 0 Å². The van der Waals surface area contributed by atoms with Crippen LogP contribution in [0.15, 0.2) is 54.6 Å². The van der Waals surface area contributed by atoms with Crippen LogP contribution in [0.3, 0.4) is 0 Å². The first-order chi connectivity index (χ1) is 16.0. The van der Waals surface area contributed by atoms with Crippen molar-refractivity contribution in [2.75, 3.05) is 6.61 Å². The smallest absolute Gasteiger partial charge is 0.427 e. The van der Waals surface area contributed by atoms with Crippen molar-refractivity contribution in [3.05, 3.63) is 88.2 Å². The van der Waals surface area contributed by atoms with E-state index in [1.807, 2.05) is 24.3 Å². The first-order valence-electron chi connectivity index (χ1n) is 10.8. The summed E-state index contributed by atoms with van der Waals surface area (Å²) >= 11 is 0. The maximum Gasteiger partial charge on any atom is 0.427 e. The quantitative estimate of drug-likeness (QED) is 0.253. The molecule has 3 aromatic rings. The van der Waals surface area contributed by atoms with Gasteiger partial charge >= 0.3 is 12.3 Å². The van der Waals surface area contributed by atoms with Crippen LogP contribution in [0.25, 0.3) is 11.1 Å². The van der Waals surface area contributed by atoms with Gasteiger partial charge in [0, 0.05) is 5.56 Å². The summed E-state index contributed by atoms with van der Waals surface area (Å²) < 4.78 is 95.3. The number of hydrogen-bond acceptors (Lipinski definition) is 2. The lowest BCUT2D eigenvalue weighted by atomic mass is 9.94. The predicted octanol–water partition coefficient (Wildman–Crippen LogP) is 7.97. The van der Waals surface area contributed by atoms with Crippen molar-refractivity contribution >= 4 is 0 Å². The number of epoxide rings is 1. The Balaban J connectivity index is 1.64. The molecule has 1 atom stereocenters. The molecular formula is C26H22F6O2. The SMILES string of the molecule is CCCc1ccc(-c2ccc(OC(F)(F)c3c(C)cc(C4CO4)c(F)c3C(F)(F)F)cc2)cc1. The first kappa shape index (κ1) is 24.1. The lowest BCUT2D eigenvalue weighted by Gasteiger charge is -2.25. The molecule has 0 amide bonds. The monoisotopic (exact) mass is 480 g/mol. The molecule has 8 heteroatoms. The Hall–Kier alpha value is -3.00. The van der Waals surface area contributed by atoms with E-state index < -0.39 is 46.5 Å². The van der Waals surface area contributed by atoms with Gasteiger partial charge in [0.2, 0.25) is 0 Å². The highest BCUT2D eigenvalue weighted by molar-refractivity contribution is 5.64. The van der Waals surface area contributed by atoms with Gasteiger partial charge in [-0.15, -0.1) is 0 Å². The largest absolute Gasteiger partial charge is 0.429 e. The number of ether oxygens (including phenoxy) is 2. The molecule has 0 aromatic heterocycles. The summed E-state index contributed by atoms with van der Waals surface area (Å²) in [6.45, 7) is 3.18. The molecule has 1 aliphatic rings. The lowest BCUT2D eigenvalue weighted by molar-refractivity contribution is -0.196. The van der Waals surface area contributed by atoms with Crippen molar-refractivity contribution in [3.8, 4) is 16.9 Å². The van der Waals surface area contributed by atoms with Crippen LogP contribution in [0.4, 0.5) is 26.3 Å². The Labute approximate surface area is 193 Å². The van der Waals surface area contributed by atoms with Crippen molar-refractivity contribution in [2.24, 2.45) is 0 Å². The van der Waals surface area contributed by atoms with Gasteiger partial charge in [-0.1, -0.05) is 49.7 Å². The highest BCUT2D eigenvalue weighted by Gasteiger charge is 2.50. The Kier molecular flexibility index (Phi) is 6.38. The molecule has 4 rings (SSSR count). The Morgan fingerprint density at radius 3 is 1.97 bits per heavy atom. The van der Waals surface area contributed by atoms with Crippen LogP contribution in [0.5, 0.6) is 5.75 Å². The van der Waals surface area contributed by atoms with Crippen molar-refractivity contribution in [3.63, 3.8) is 0 Å². The fourth-order valence-corrected chi connectivity index (χ4v) is 3.99. The molecule has 0 spiro atoms. The average molecular weight is 480 g/mol. The molecule has 180 valence electrons. The summed E-state index contributed by atoms with van der Waals surface area (Å²) in [6, 6.07) is 14.3. The topological polar surface area (TPSA) is 21.8 Å². The van der Waals surface area contributed by atoms with Gasteiger partial charge in [0.05, 0.1) is 12.2 Å². The van der Waals surface area contributed by atoms with Gasteiger partial charge in [0.1, 0.15) is 23.2 Å². The number of aryl methyl sites for hydroxylation is 2. The second-order valence-electron chi connectivity index (χ2n) is 8.26. The Morgan fingerprint density at radius 2 is 1.47 bits per heavy atom. The molecule has 1 aliphatic heterocycles. The van der Waals surface area contributed by atoms with Gasteiger partial charge in [-0.3, -0.25) is 0 Å². The zero-order valence-electron chi connectivity index (χ0n) is 18.5. The van der Waals surface area contributed by atoms with Crippen LogP contribution < -0.4 is 4.74 Å². The molecule has 2 nitrogen and oxygen atoms in total. The molecule has 0 saturated carbocycles. The minimum Gasteiger partial charge on any atom is -0.429 e. The average Bonchev–Trinajstić information content (AvgIpc) is 3.60. The summed E-state index contributed by atoms with van der Waals surface area (Å²) in [5, 5.41) is 0. The zero-order valence-corrected chi connectivity index (χ0v) is 18.5. The van der Waals surface area contributed by atoms with Gasteiger partial charge in [-0.05, 0) is 53.8 Å². The summed E-state index contributed by atoms with van der Waals surface area (Å²) in [4.78, 5) is 0. The summed E-state index contributed by atoms with van der Waals surface area (Å²) in [6.07, 6.45) is -8.70. The summed E-state index contributed by atoms with van der Waals surface area (Å²) in [5.74, 6) is -2.11. The fraction of sp³-hybridized carbons (Fsp3) is 0.308. The van der Waals surface area contributed by atoms with Crippen LogP contribution in [0, 0.1) is 12.7 Å². The third kappa shape index (κ3) is 4.92. The maximum atomic E-state index is 15.0. The fourth-order valence-electron chi connectivity index (χ4n) is 3.99. The van der Waals surface area contributed by atoms with Gasteiger partial charge in [-0.2, -0.15) is 22.0 Å². The highest BCUT2D eigenvalue weighted by Crippen LogP contribution is 2.47. The van der Waals surface area contributed by atoms with Crippen molar-refractivity contribution in [1.29, 1.82) is 0 Å². The lowest BCUT2D eigenvalue weighted by Crippen LogP contribution is -2.29. The predicted molar refractivity (Wildman–Crippen MR) is 115 cm³/mol. The van der Waals surface area contributed by atoms with E-state index in [9.17, 15) is 17.6 Å². The minimum atomic E-state index is -5.35. The van der Waals surface area contributed by atoms with Crippen LogP contribution >= 0.6 is 0 Å². The number of benzene rings is 3. The number of halogens is 6. The van der Waals surface area contributed by atoms with E-state index in [-0.39, 0.29) is 12.4 Å². The molecule has 0 N–H and O–H groups in total. The van der Waals surface area contributed by atoms with Gasteiger partial charge in [0.15, 0.2) is 0 Å². The van der Waals surface area contributed by atoms with E-state index in [2.05, 4.69) is 11.7 Å². The van der Waals surface area contributed by atoms with Crippen molar-refractivity contribution in [2.45, 2.75) is 45.1 Å². The van der Waals surface area contributed by atoms with Gasteiger partial charge in [-0.25, -0.2) is 4.39 Å². The van der Waals surface area contributed by atoms with E-state index in [1.165, 1.54) is 29.8 Å².